The molecule has 1 aromatic carbocycles. The van der Waals surface area contributed by atoms with Crippen LogP contribution in [0.25, 0.3) is 6.08 Å². The van der Waals surface area contributed by atoms with Crippen molar-refractivity contribution in [1.82, 2.24) is 4.90 Å². The van der Waals surface area contributed by atoms with Gasteiger partial charge in [0.05, 0.1) is 17.9 Å². The lowest BCUT2D eigenvalue weighted by Gasteiger charge is -2.43. The lowest BCUT2D eigenvalue weighted by atomic mass is 9.58. The average molecular weight is 551 g/mol. The second kappa shape index (κ2) is 13.6. The van der Waals surface area contributed by atoms with Gasteiger partial charge in [-0.1, -0.05) is 56.0 Å². The monoisotopic (exact) mass is 551 g/mol. The molecule has 4 atom stereocenters. The average Bonchev–Trinajstić information content (AvgIpc) is 3.16. The number of carbonyl (C=O) groups excluding carboxylic acids is 2. The molecule has 2 saturated heterocycles. The number of carboxylic acids is 1. The third-order valence-corrected chi connectivity index (χ3v) is 8.67. The van der Waals surface area contributed by atoms with E-state index in [2.05, 4.69) is 19.9 Å². The van der Waals surface area contributed by atoms with Gasteiger partial charge in [0.2, 0.25) is 11.8 Å². The third-order valence-electron chi connectivity index (χ3n) is 8.67. The summed E-state index contributed by atoms with van der Waals surface area (Å²) in [5, 5.41) is 29.2. The van der Waals surface area contributed by atoms with Crippen molar-refractivity contribution >= 4 is 31.0 Å². The number of amides is 2. The highest BCUT2D eigenvalue weighted by Gasteiger charge is 2.56. The molecule has 0 unspecified atom stereocenters. The zero-order valence-electron chi connectivity index (χ0n) is 23.7. The van der Waals surface area contributed by atoms with Gasteiger partial charge in [-0.2, -0.15) is 0 Å². The zero-order chi connectivity index (χ0) is 28.8. The number of carboxylic acid groups (broad SMARTS) is 1. The summed E-state index contributed by atoms with van der Waals surface area (Å²) in [4.78, 5) is 39.3. The molecule has 1 aliphatic carbocycles. The van der Waals surface area contributed by atoms with Crippen LogP contribution in [0.1, 0.15) is 83.6 Å². The zero-order valence-corrected chi connectivity index (χ0v) is 23.7. The fraction of sp³-hybridized carbons (Fsp3) is 0.581. The van der Waals surface area contributed by atoms with Crippen molar-refractivity contribution in [3.63, 3.8) is 0 Å². The van der Waals surface area contributed by atoms with Crippen LogP contribution in [0, 0.1) is 17.8 Å². The van der Waals surface area contributed by atoms with Crippen molar-refractivity contribution in [1.29, 1.82) is 0 Å². The Balaban J connectivity index is 1.52. The van der Waals surface area contributed by atoms with Crippen molar-refractivity contribution in [3.8, 4) is 5.75 Å². The van der Waals surface area contributed by atoms with Gasteiger partial charge in [0.15, 0.2) is 0 Å². The number of allylic oxidation sites excluding steroid dienone is 2. The van der Waals surface area contributed by atoms with Gasteiger partial charge in [0.1, 0.15) is 5.75 Å². The number of hydrogen-bond acceptors (Lipinski definition) is 6. The Morgan fingerprint density at radius 3 is 2.50 bits per heavy atom. The lowest BCUT2D eigenvalue weighted by molar-refractivity contribution is -0.141. The largest absolute Gasteiger partial charge is 0.508 e. The number of aromatic hydroxyl groups is 1. The number of nitrogens with zero attached hydrogens (tertiary/aromatic N) is 1. The van der Waals surface area contributed by atoms with E-state index >= 15 is 0 Å². The standard InChI is InChI=1S/C31H42BNO7/c1-3-8-22-18-24-29(31(38)33(30(24)37)16-7-5-6-9-27(35)36)25-19-32(39)40-26(28(22)25)15-12-20(4-2)17-21-10-13-23(34)14-11-21/h10-11,13-14,17,24-26,29,34,39H,3-9,12,15-16,18-19H2,1-2H3,(H,35,36)/b20-17+/t24-,25+,26-,29-/m1/s1. The first-order valence-corrected chi connectivity index (χ1v) is 14.8. The summed E-state index contributed by atoms with van der Waals surface area (Å²) in [6, 6.07) is 7.10. The first-order valence-electron chi connectivity index (χ1n) is 14.8. The highest BCUT2D eigenvalue weighted by Crippen LogP contribution is 2.51. The summed E-state index contributed by atoms with van der Waals surface area (Å²) in [5.74, 6) is -1.96. The number of imide groups is 1. The minimum Gasteiger partial charge on any atom is -0.508 e. The van der Waals surface area contributed by atoms with Crippen LogP contribution in [0.4, 0.5) is 0 Å². The van der Waals surface area contributed by atoms with Crippen molar-refractivity contribution in [3.05, 3.63) is 46.5 Å². The highest BCUT2D eigenvalue weighted by atomic mass is 16.5. The SMILES string of the molecule is CCCC1=C2[C@@H](CC/C(=C/c3ccc(O)cc3)CC)OB(O)C[C@@H]2[C@@H]2C(=O)N(CCCCCC(=O)O)C(=O)[C@@H]2C1. The van der Waals surface area contributed by atoms with Crippen molar-refractivity contribution < 1.29 is 34.3 Å². The Hall–Kier alpha value is -2.91. The van der Waals surface area contributed by atoms with Gasteiger partial charge in [0, 0.05) is 13.0 Å². The maximum absolute atomic E-state index is 13.6. The number of carbonyl (C=O) groups is 3. The Labute approximate surface area is 237 Å². The van der Waals surface area contributed by atoms with Gasteiger partial charge in [-0.05, 0) is 80.5 Å². The Morgan fingerprint density at radius 1 is 1.07 bits per heavy atom. The smallest absolute Gasteiger partial charge is 0.455 e. The maximum atomic E-state index is 13.6. The first kappa shape index (κ1) is 30.1. The number of likely N-dealkylation sites (tertiary alicyclic amines) is 1. The van der Waals surface area contributed by atoms with E-state index < -0.39 is 24.9 Å². The molecular weight excluding hydrogens is 509 g/mol. The van der Waals surface area contributed by atoms with Crippen molar-refractivity contribution in [2.45, 2.75) is 90.5 Å². The molecule has 3 aliphatic rings. The minimum atomic E-state index is -0.987. The van der Waals surface area contributed by atoms with Crippen molar-refractivity contribution in [2.75, 3.05) is 6.54 Å². The van der Waals surface area contributed by atoms with Crippen LogP contribution in [-0.4, -0.2) is 57.7 Å². The number of phenolic OH excluding ortho intramolecular Hbond substituents is 1. The predicted molar refractivity (Wildman–Crippen MR) is 153 cm³/mol. The van der Waals surface area contributed by atoms with Crippen LogP contribution in [0.5, 0.6) is 5.75 Å². The van der Waals surface area contributed by atoms with E-state index in [0.717, 1.165) is 36.8 Å². The van der Waals surface area contributed by atoms with Crippen LogP contribution in [0.15, 0.2) is 41.0 Å². The molecule has 0 saturated carbocycles. The normalized spacial score (nSPS) is 24.9. The van der Waals surface area contributed by atoms with Crippen LogP contribution in [0.3, 0.4) is 0 Å². The summed E-state index contributed by atoms with van der Waals surface area (Å²) >= 11 is 0. The van der Waals surface area contributed by atoms with E-state index in [1.807, 2.05) is 12.1 Å². The third kappa shape index (κ3) is 6.86. The molecule has 40 heavy (non-hydrogen) atoms. The number of unbranched alkanes of at least 4 members (excludes halogenated alkanes) is 2. The molecule has 0 spiro atoms. The Bertz CT molecular complexity index is 1140. The van der Waals surface area contributed by atoms with E-state index in [-0.39, 0.29) is 36.0 Å². The van der Waals surface area contributed by atoms with Crippen LogP contribution < -0.4 is 0 Å². The fourth-order valence-electron chi connectivity index (χ4n) is 6.78. The molecule has 8 nitrogen and oxygen atoms in total. The fourth-order valence-corrected chi connectivity index (χ4v) is 6.78. The van der Waals surface area contributed by atoms with E-state index in [1.54, 1.807) is 12.1 Å². The van der Waals surface area contributed by atoms with E-state index in [0.29, 0.717) is 45.0 Å². The number of fused-ring (bicyclic) bond motifs is 3. The molecule has 1 aromatic rings. The molecule has 0 aromatic heterocycles. The first-order chi connectivity index (χ1) is 19.2. The highest BCUT2D eigenvalue weighted by molar-refractivity contribution is 6.43. The molecule has 2 aliphatic heterocycles. The number of benzene rings is 1. The Kier molecular flexibility index (Phi) is 10.2. The molecule has 4 rings (SSSR count). The van der Waals surface area contributed by atoms with Gasteiger partial charge in [-0.25, -0.2) is 0 Å². The summed E-state index contributed by atoms with van der Waals surface area (Å²) < 4.78 is 6.12. The van der Waals surface area contributed by atoms with Crippen LogP contribution in [-0.2, 0) is 19.0 Å². The van der Waals surface area contributed by atoms with Gasteiger partial charge >= 0.3 is 13.1 Å². The molecular formula is C31H42BNO7. The number of aliphatic carboxylic acids is 1. The minimum absolute atomic E-state index is 0.0893. The van der Waals surface area contributed by atoms with Gasteiger partial charge in [0.25, 0.3) is 0 Å². The van der Waals surface area contributed by atoms with Gasteiger partial charge < -0.3 is 19.9 Å². The summed E-state index contributed by atoms with van der Waals surface area (Å²) in [5.41, 5.74) is 4.58. The number of hydrogen-bond donors (Lipinski definition) is 3. The molecule has 216 valence electrons. The lowest BCUT2D eigenvalue weighted by Crippen LogP contribution is -2.46. The summed E-state index contributed by atoms with van der Waals surface area (Å²) in [6.07, 6.45) is 8.64. The van der Waals surface area contributed by atoms with Gasteiger partial charge in [-0.3, -0.25) is 19.3 Å². The van der Waals surface area contributed by atoms with Crippen molar-refractivity contribution in [2.24, 2.45) is 17.8 Å². The van der Waals surface area contributed by atoms with E-state index in [4.69, 9.17) is 9.76 Å². The molecule has 0 radical (unpaired) electrons. The summed E-state index contributed by atoms with van der Waals surface area (Å²) in [6.45, 7) is 4.54. The topological polar surface area (TPSA) is 124 Å². The second-order valence-electron chi connectivity index (χ2n) is 11.4. The molecule has 9 heteroatoms. The van der Waals surface area contributed by atoms with Gasteiger partial charge in [-0.15, -0.1) is 0 Å². The van der Waals surface area contributed by atoms with Crippen LogP contribution >= 0.6 is 0 Å². The summed E-state index contributed by atoms with van der Waals surface area (Å²) in [7, 11) is -0.987. The molecule has 2 heterocycles. The number of phenols is 1. The van der Waals surface area contributed by atoms with E-state index in [9.17, 15) is 24.5 Å². The van der Waals surface area contributed by atoms with Crippen LogP contribution in [0.2, 0.25) is 6.32 Å². The molecule has 2 fully saturated rings. The quantitative estimate of drug-likeness (QED) is 0.133. The predicted octanol–water partition coefficient (Wildman–Crippen LogP) is 5.21. The second-order valence-corrected chi connectivity index (χ2v) is 11.4. The molecule has 2 amide bonds. The molecule has 0 bridgehead atoms. The maximum Gasteiger partial charge on any atom is 0.455 e. The molecule has 3 N–H and O–H groups in total. The number of rotatable bonds is 13. The van der Waals surface area contributed by atoms with E-state index in [1.165, 1.54) is 16.0 Å². The Morgan fingerprint density at radius 2 is 1.82 bits per heavy atom.